The third-order valence-corrected chi connectivity index (χ3v) is 3.00. The first-order valence-electron chi connectivity index (χ1n) is 6.76. The highest BCUT2D eigenvalue weighted by Gasteiger charge is 2.14. The maximum absolute atomic E-state index is 13.4. The van der Waals surface area contributed by atoms with Gasteiger partial charge in [0.05, 0.1) is 11.9 Å². The van der Waals surface area contributed by atoms with Crippen molar-refractivity contribution in [3.63, 3.8) is 0 Å². The van der Waals surface area contributed by atoms with Crippen LogP contribution in [0.5, 0.6) is 0 Å². The summed E-state index contributed by atoms with van der Waals surface area (Å²) in [5.41, 5.74) is 2.31. The molecular formula is C15H19FN4. The van der Waals surface area contributed by atoms with Gasteiger partial charge in [-0.15, -0.1) is 0 Å². The first kappa shape index (κ1) is 14.4. The second-order valence-electron chi connectivity index (χ2n) is 4.98. The van der Waals surface area contributed by atoms with Crippen LogP contribution in [0.3, 0.4) is 0 Å². The fourth-order valence-corrected chi connectivity index (χ4v) is 1.95. The quantitative estimate of drug-likeness (QED) is 0.926. The topological polar surface area (TPSA) is 50.7 Å². The van der Waals surface area contributed by atoms with Crippen LogP contribution in [0.15, 0.2) is 18.5 Å². The first-order chi connectivity index (χ1) is 9.52. The lowest BCUT2D eigenvalue weighted by Crippen LogP contribution is -2.09. The van der Waals surface area contributed by atoms with Gasteiger partial charge in [-0.3, -0.25) is 4.98 Å². The van der Waals surface area contributed by atoms with Crippen molar-refractivity contribution in [2.75, 3.05) is 11.9 Å². The summed E-state index contributed by atoms with van der Waals surface area (Å²) in [5, 5.41) is 3.23. The molecule has 20 heavy (non-hydrogen) atoms. The lowest BCUT2D eigenvalue weighted by Gasteiger charge is -2.14. The fraction of sp³-hybridized carbons (Fsp3) is 0.400. The van der Waals surface area contributed by atoms with E-state index in [-0.39, 0.29) is 11.7 Å². The van der Waals surface area contributed by atoms with Crippen LogP contribution in [0.2, 0.25) is 0 Å². The Labute approximate surface area is 118 Å². The Morgan fingerprint density at radius 3 is 2.60 bits per heavy atom. The number of nitrogens with one attached hydrogen (secondary N) is 1. The molecule has 0 aliphatic rings. The molecule has 4 nitrogen and oxygen atoms in total. The van der Waals surface area contributed by atoms with Crippen LogP contribution in [-0.2, 0) is 0 Å². The van der Waals surface area contributed by atoms with E-state index in [0.717, 1.165) is 29.4 Å². The van der Waals surface area contributed by atoms with E-state index in [4.69, 9.17) is 0 Å². The zero-order valence-electron chi connectivity index (χ0n) is 12.2. The Kier molecular flexibility index (Phi) is 4.27. The summed E-state index contributed by atoms with van der Waals surface area (Å²) < 4.78 is 13.4. The van der Waals surface area contributed by atoms with E-state index >= 15 is 0 Å². The predicted molar refractivity (Wildman–Crippen MR) is 78.2 cm³/mol. The fourth-order valence-electron chi connectivity index (χ4n) is 1.95. The summed E-state index contributed by atoms with van der Waals surface area (Å²) in [6.07, 6.45) is 2.81. The molecule has 0 atom stereocenters. The van der Waals surface area contributed by atoms with E-state index in [1.54, 1.807) is 6.20 Å². The van der Waals surface area contributed by atoms with E-state index in [0.29, 0.717) is 5.56 Å². The van der Waals surface area contributed by atoms with Gasteiger partial charge in [0.2, 0.25) is 0 Å². The molecule has 0 aliphatic heterocycles. The van der Waals surface area contributed by atoms with Gasteiger partial charge < -0.3 is 5.32 Å². The smallest absolute Gasteiger partial charge is 0.142 e. The van der Waals surface area contributed by atoms with Gasteiger partial charge in [0.1, 0.15) is 17.5 Å². The average Bonchev–Trinajstić information content (AvgIpc) is 2.41. The van der Waals surface area contributed by atoms with Crippen LogP contribution >= 0.6 is 0 Å². The molecule has 1 N–H and O–H groups in total. The van der Waals surface area contributed by atoms with Crippen molar-refractivity contribution in [2.45, 2.75) is 33.6 Å². The normalized spacial score (nSPS) is 10.9. The van der Waals surface area contributed by atoms with Crippen LogP contribution in [0, 0.1) is 12.7 Å². The highest BCUT2D eigenvalue weighted by Crippen LogP contribution is 2.27. The number of anilines is 1. The van der Waals surface area contributed by atoms with Crippen molar-refractivity contribution in [3.05, 3.63) is 35.7 Å². The summed E-state index contributed by atoms with van der Waals surface area (Å²) in [6.45, 7) is 8.79. The molecule has 5 heteroatoms. The van der Waals surface area contributed by atoms with Crippen LogP contribution in [0.1, 0.15) is 38.1 Å². The van der Waals surface area contributed by atoms with Gasteiger partial charge in [0.15, 0.2) is 0 Å². The van der Waals surface area contributed by atoms with Gasteiger partial charge >= 0.3 is 0 Å². The minimum Gasteiger partial charge on any atom is -0.370 e. The third-order valence-electron chi connectivity index (χ3n) is 3.00. The van der Waals surface area contributed by atoms with Crippen molar-refractivity contribution in [1.82, 2.24) is 15.0 Å². The van der Waals surface area contributed by atoms with Gasteiger partial charge in [0, 0.05) is 29.8 Å². The Bertz CT molecular complexity index is 611. The second kappa shape index (κ2) is 5.94. The molecular weight excluding hydrogens is 255 g/mol. The zero-order valence-corrected chi connectivity index (χ0v) is 12.2. The maximum Gasteiger partial charge on any atom is 0.142 e. The molecule has 0 radical (unpaired) electrons. The molecule has 2 rings (SSSR count). The lowest BCUT2D eigenvalue weighted by atomic mass is 10.1. The zero-order chi connectivity index (χ0) is 14.7. The van der Waals surface area contributed by atoms with Gasteiger partial charge in [-0.25, -0.2) is 14.4 Å². The van der Waals surface area contributed by atoms with Gasteiger partial charge in [-0.1, -0.05) is 13.8 Å². The van der Waals surface area contributed by atoms with E-state index < -0.39 is 0 Å². The maximum atomic E-state index is 13.4. The van der Waals surface area contributed by atoms with Gasteiger partial charge in [-0.2, -0.15) is 0 Å². The number of pyridine rings is 1. The summed E-state index contributed by atoms with van der Waals surface area (Å²) in [7, 11) is 0. The lowest BCUT2D eigenvalue weighted by molar-refractivity contribution is 0.622. The number of halogens is 1. The number of rotatable bonds is 4. The van der Waals surface area contributed by atoms with E-state index in [2.05, 4.69) is 20.3 Å². The average molecular weight is 274 g/mol. The molecule has 0 amide bonds. The van der Waals surface area contributed by atoms with Crippen LogP contribution < -0.4 is 5.32 Å². The molecule has 0 aromatic carbocycles. The Balaban J connectivity index is 2.61. The highest BCUT2D eigenvalue weighted by atomic mass is 19.1. The third kappa shape index (κ3) is 2.92. The summed E-state index contributed by atoms with van der Waals surface area (Å²) in [6, 6.07) is 1.45. The van der Waals surface area contributed by atoms with Crippen molar-refractivity contribution < 1.29 is 4.39 Å². The molecule has 0 unspecified atom stereocenters. The molecule has 0 saturated heterocycles. The number of aromatic nitrogens is 3. The molecule has 2 aromatic rings. The highest BCUT2D eigenvalue weighted by molar-refractivity contribution is 5.67. The number of nitrogens with zero attached hydrogens (tertiary/aromatic N) is 3. The van der Waals surface area contributed by atoms with E-state index in [9.17, 15) is 4.39 Å². The molecule has 0 saturated carbocycles. The molecule has 0 spiro atoms. The molecule has 2 aromatic heterocycles. The minimum atomic E-state index is -0.364. The largest absolute Gasteiger partial charge is 0.370 e. The molecule has 0 bridgehead atoms. The standard InChI is InChI=1S/C15H19FN4/c1-5-18-15-10(4)13(19-14(20-15)9(2)3)11-6-12(16)8-17-7-11/h6-9H,5H2,1-4H3,(H,18,19,20). The molecule has 2 heterocycles. The van der Waals surface area contributed by atoms with Gasteiger partial charge in [-0.05, 0) is 19.9 Å². The first-order valence-corrected chi connectivity index (χ1v) is 6.76. The molecule has 106 valence electrons. The van der Waals surface area contributed by atoms with Gasteiger partial charge in [0.25, 0.3) is 0 Å². The van der Waals surface area contributed by atoms with Crippen molar-refractivity contribution in [3.8, 4) is 11.3 Å². The summed E-state index contributed by atoms with van der Waals surface area (Å²) >= 11 is 0. The monoisotopic (exact) mass is 274 g/mol. The van der Waals surface area contributed by atoms with Crippen LogP contribution in [0.4, 0.5) is 10.2 Å². The predicted octanol–water partition coefficient (Wildman–Crippen LogP) is 3.54. The Morgan fingerprint density at radius 2 is 2.00 bits per heavy atom. The summed E-state index contributed by atoms with van der Waals surface area (Å²) in [5.74, 6) is 1.38. The Hall–Kier alpha value is -2.04. The SMILES string of the molecule is CCNc1nc(C(C)C)nc(-c2cncc(F)c2)c1C. The molecule has 0 aliphatic carbocycles. The number of hydrogen-bond acceptors (Lipinski definition) is 4. The Morgan fingerprint density at radius 1 is 1.25 bits per heavy atom. The second-order valence-corrected chi connectivity index (χ2v) is 4.98. The van der Waals surface area contributed by atoms with Crippen molar-refractivity contribution in [2.24, 2.45) is 0 Å². The molecule has 0 fully saturated rings. The summed E-state index contributed by atoms with van der Waals surface area (Å²) in [4.78, 5) is 13.0. The van der Waals surface area contributed by atoms with Crippen molar-refractivity contribution in [1.29, 1.82) is 0 Å². The number of hydrogen-bond donors (Lipinski definition) is 1. The van der Waals surface area contributed by atoms with E-state index in [1.807, 2.05) is 27.7 Å². The van der Waals surface area contributed by atoms with Crippen molar-refractivity contribution >= 4 is 5.82 Å². The van der Waals surface area contributed by atoms with Crippen LogP contribution in [0.25, 0.3) is 11.3 Å². The van der Waals surface area contributed by atoms with Crippen LogP contribution in [-0.4, -0.2) is 21.5 Å². The minimum absolute atomic E-state index is 0.202. The van der Waals surface area contributed by atoms with E-state index in [1.165, 1.54) is 12.3 Å².